The van der Waals surface area contributed by atoms with Crippen molar-refractivity contribution in [3.8, 4) is 0 Å². The van der Waals surface area contributed by atoms with Gasteiger partial charge in [-0.15, -0.1) is 0 Å². The first kappa shape index (κ1) is 19.9. The van der Waals surface area contributed by atoms with E-state index in [0.717, 1.165) is 45.1 Å². The second-order valence-corrected chi connectivity index (χ2v) is 9.07. The second kappa shape index (κ2) is 8.92. The minimum absolute atomic E-state index is 0.185. The molecule has 0 radical (unpaired) electrons. The zero-order valence-corrected chi connectivity index (χ0v) is 17.4. The highest BCUT2D eigenvalue weighted by Gasteiger charge is 2.38. The minimum Gasteiger partial charge on any atom is -0.381 e. The van der Waals surface area contributed by atoms with Crippen LogP contribution in [0, 0.1) is 5.41 Å². The molecule has 0 aromatic carbocycles. The summed E-state index contributed by atoms with van der Waals surface area (Å²) in [5.41, 5.74) is 0.730. The number of hydrogen-bond donors (Lipinski definition) is 1. The Morgan fingerprint density at radius 3 is 2.27 bits per heavy atom. The highest BCUT2D eigenvalue weighted by molar-refractivity contribution is 5.80. The standard InChI is InChI=1S/C21H40N4O/c1-22-19(23-17-21(24(2)3)12-15-26-16-13-21)25-14-8-11-20(18-25)9-6-4-5-7-10-20/h4-18H2,1-3H3,(H,22,23). The van der Waals surface area contributed by atoms with Gasteiger partial charge in [0.25, 0.3) is 0 Å². The molecule has 0 atom stereocenters. The number of hydrogen-bond acceptors (Lipinski definition) is 3. The summed E-state index contributed by atoms with van der Waals surface area (Å²) in [6.07, 6.45) is 13.4. The van der Waals surface area contributed by atoms with E-state index in [0.29, 0.717) is 5.41 Å². The van der Waals surface area contributed by atoms with E-state index in [1.807, 2.05) is 7.05 Å². The third-order valence-electron chi connectivity index (χ3n) is 7.28. The SMILES string of the molecule is CN=C(NCC1(N(C)C)CCOCC1)N1CCCC2(CCCCCC2)C1. The summed E-state index contributed by atoms with van der Waals surface area (Å²) in [6, 6.07) is 0. The van der Waals surface area contributed by atoms with Gasteiger partial charge in [-0.3, -0.25) is 4.99 Å². The Balaban J connectivity index is 1.62. The molecule has 2 heterocycles. The van der Waals surface area contributed by atoms with Gasteiger partial charge in [0, 0.05) is 45.4 Å². The molecule has 0 aromatic heterocycles. The lowest BCUT2D eigenvalue weighted by Crippen LogP contribution is -2.58. The number of likely N-dealkylation sites (N-methyl/N-ethyl adjacent to an activating group) is 1. The Labute approximate surface area is 160 Å². The molecule has 26 heavy (non-hydrogen) atoms. The summed E-state index contributed by atoms with van der Waals surface area (Å²) in [7, 11) is 6.36. The summed E-state index contributed by atoms with van der Waals surface area (Å²) < 4.78 is 5.62. The Morgan fingerprint density at radius 1 is 1.00 bits per heavy atom. The molecular weight excluding hydrogens is 324 g/mol. The largest absolute Gasteiger partial charge is 0.381 e. The highest BCUT2D eigenvalue weighted by atomic mass is 16.5. The fourth-order valence-electron chi connectivity index (χ4n) is 5.38. The van der Waals surface area contributed by atoms with Crippen LogP contribution in [0.4, 0.5) is 0 Å². The molecule has 0 bridgehead atoms. The van der Waals surface area contributed by atoms with E-state index in [-0.39, 0.29) is 5.54 Å². The summed E-state index contributed by atoms with van der Waals surface area (Å²) in [5.74, 6) is 1.11. The summed E-state index contributed by atoms with van der Waals surface area (Å²) >= 11 is 0. The van der Waals surface area contributed by atoms with E-state index >= 15 is 0 Å². The van der Waals surface area contributed by atoms with Gasteiger partial charge in [0.2, 0.25) is 0 Å². The number of ether oxygens (including phenoxy) is 1. The van der Waals surface area contributed by atoms with Crippen molar-refractivity contribution in [2.75, 3.05) is 54.0 Å². The number of guanidine groups is 1. The van der Waals surface area contributed by atoms with Gasteiger partial charge in [0.1, 0.15) is 0 Å². The Hall–Kier alpha value is -0.810. The van der Waals surface area contributed by atoms with Crippen LogP contribution < -0.4 is 5.32 Å². The summed E-state index contributed by atoms with van der Waals surface area (Å²) in [4.78, 5) is 9.61. The molecule has 5 heteroatoms. The fraction of sp³-hybridized carbons (Fsp3) is 0.952. The van der Waals surface area contributed by atoms with E-state index < -0.39 is 0 Å². The molecular formula is C21H40N4O. The second-order valence-electron chi connectivity index (χ2n) is 9.07. The normalized spacial score (nSPS) is 26.8. The zero-order valence-electron chi connectivity index (χ0n) is 17.4. The molecule has 2 saturated heterocycles. The first-order valence-electron chi connectivity index (χ1n) is 10.8. The first-order chi connectivity index (χ1) is 12.6. The van der Waals surface area contributed by atoms with Gasteiger partial charge < -0.3 is 19.9 Å². The van der Waals surface area contributed by atoms with Crippen LogP contribution in [0.25, 0.3) is 0 Å². The van der Waals surface area contributed by atoms with Crippen molar-refractivity contribution in [3.63, 3.8) is 0 Å². The van der Waals surface area contributed by atoms with Crippen molar-refractivity contribution < 1.29 is 4.74 Å². The first-order valence-corrected chi connectivity index (χ1v) is 10.8. The lowest BCUT2D eigenvalue weighted by molar-refractivity contribution is -0.00549. The van der Waals surface area contributed by atoms with E-state index in [2.05, 4.69) is 34.2 Å². The lowest BCUT2D eigenvalue weighted by atomic mass is 9.74. The molecule has 3 rings (SSSR count). The van der Waals surface area contributed by atoms with Crippen LogP contribution in [-0.4, -0.2) is 75.3 Å². The van der Waals surface area contributed by atoms with Gasteiger partial charge in [-0.2, -0.15) is 0 Å². The molecule has 150 valence electrons. The lowest BCUT2D eigenvalue weighted by Gasteiger charge is -2.46. The molecule has 3 aliphatic rings. The number of aliphatic imine (C=N–C) groups is 1. The van der Waals surface area contributed by atoms with Gasteiger partial charge in [0.15, 0.2) is 5.96 Å². The van der Waals surface area contributed by atoms with E-state index in [1.165, 1.54) is 57.9 Å². The maximum absolute atomic E-state index is 5.62. The van der Waals surface area contributed by atoms with E-state index in [4.69, 9.17) is 4.74 Å². The van der Waals surface area contributed by atoms with E-state index in [1.54, 1.807) is 0 Å². The van der Waals surface area contributed by atoms with Gasteiger partial charge in [-0.05, 0) is 58.0 Å². The number of likely N-dealkylation sites (tertiary alicyclic amines) is 1. The topological polar surface area (TPSA) is 40.1 Å². The molecule has 1 aliphatic carbocycles. The predicted octanol–water partition coefficient (Wildman–Crippen LogP) is 3.11. The number of piperidine rings is 1. The quantitative estimate of drug-likeness (QED) is 0.617. The summed E-state index contributed by atoms with van der Waals surface area (Å²) in [6.45, 7) is 5.04. The Bertz CT molecular complexity index is 463. The molecule has 5 nitrogen and oxygen atoms in total. The van der Waals surface area contributed by atoms with Gasteiger partial charge in [-0.1, -0.05) is 25.7 Å². The Kier molecular flexibility index (Phi) is 6.84. The third-order valence-corrected chi connectivity index (χ3v) is 7.28. The predicted molar refractivity (Wildman–Crippen MR) is 109 cm³/mol. The van der Waals surface area contributed by atoms with Gasteiger partial charge in [0.05, 0.1) is 0 Å². The molecule has 0 aromatic rings. The van der Waals surface area contributed by atoms with Crippen LogP contribution in [0.5, 0.6) is 0 Å². The summed E-state index contributed by atoms with van der Waals surface area (Å²) in [5, 5.41) is 3.75. The molecule has 3 fully saturated rings. The number of rotatable bonds is 3. The molecule has 1 saturated carbocycles. The maximum atomic E-state index is 5.62. The van der Waals surface area contributed by atoms with Crippen LogP contribution in [0.2, 0.25) is 0 Å². The van der Waals surface area contributed by atoms with Crippen molar-refractivity contribution in [2.45, 2.75) is 69.7 Å². The number of nitrogens with one attached hydrogen (secondary N) is 1. The molecule has 0 amide bonds. The van der Waals surface area contributed by atoms with Gasteiger partial charge in [-0.25, -0.2) is 0 Å². The molecule has 1 N–H and O–H groups in total. The van der Waals surface area contributed by atoms with Crippen LogP contribution >= 0.6 is 0 Å². The van der Waals surface area contributed by atoms with Crippen molar-refractivity contribution in [1.82, 2.24) is 15.1 Å². The third kappa shape index (κ3) is 4.53. The molecule has 0 unspecified atom stereocenters. The van der Waals surface area contributed by atoms with Crippen molar-refractivity contribution in [3.05, 3.63) is 0 Å². The molecule has 2 aliphatic heterocycles. The van der Waals surface area contributed by atoms with Gasteiger partial charge >= 0.3 is 0 Å². The van der Waals surface area contributed by atoms with Crippen molar-refractivity contribution in [2.24, 2.45) is 10.4 Å². The van der Waals surface area contributed by atoms with Crippen LogP contribution in [0.15, 0.2) is 4.99 Å². The maximum Gasteiger partial charge on any atom is 0.193 e. The number of nitrogens with zero attached hydrogens (tertiary/aromatic N) is 3. The smallest absolute Gasteiger partial charge is 0.193 e. The highest BCUT2D eigenvalue weighted by Crippen LogP contribution is 2.42. The fourth-order valence-corrected chi connectivity index (χ4v) is 5.38. The molecule has 1 spiro atoms. The monoisotopic (exact) mass is 364 g/mol. The van der Waals surface area contributed by atoms with Crippen molar-refractivity contribution in [1.29, 1.82) is 0 Å². The van der Waals surface area contributed by atoms with Crippen molar-refractivity contribution >= 4 is 5.96 Å². The average Bonchev–Trinajstić information content (AvgIpc) is 2.88. The Morgan fingerprint density at radius 2 is 1.65 bits per heavy atom. The zero-order chi connectivity index (χ0) is 18.5. The van der Waals surface area contributed by atoms with E-state index in [9.17, 15) is 0 Å². The van der Waals surface area contributed by atoms with Crippen LogP contribution in [0.1, 0.15) is 64.2 Å². The average molecular weight is 365 g/mol. The minimum atomic E-state index is 0.185. The van der Waals surface area contributed by atoms with Crippen LogP contribution in [-0.2, 0) is 4.74 Å². The van der Waals surface area contributed by atoms with Crippen LogP contribution in [0.3, 0.4) is 0 Å².